The van der Waals surface area contributed by atoms with E-state index in [9.17, 15) is 0 Å². The first-order valence-corrected chi connectivity index (χ1v) is 21.5. The summed E-state index contributed by atoms with van der Waals surface area (Å²) < 4.78 is 7.12. The fourth-order valence-corrected chi connectivity index (χ4v) is 10.6. The van der Waals surface area contributed by atoms with E-state index in [1.54, 1.807) is 0 Å². The van der Waals surface area contributed by atoms with E-state index in [1.807, 2.05) is 0 Å². The van der Waals surface area contributed by atoms with Crippen LogP contribution in [0.4, 0.5) is 0 Å². The molecule has 63 heavy (non-hydrogen) atoms. The van der Waals surface area contributed by atoms with Gasteiger partial charge < -0.3 is 9.13 Å². The van der Waals surface area contributed by atoms with Gasteiger partial charge in [-0.25, -0.2) is 9.97 Å². The summed E-state index contributed by atoms with van der Waals surface area (Å²) in [6, 6.07) is 76.6. The minimum Gasteiger partial charge on any atom is -0.309 e. The maximum Gasteiger partial charge on any atom is 0.235 e. The Morgan fingerprint density at radius 3 is 1.75 bits per heavy atom. The van der Waals surface area contributed by atoms with Crippen LogP contribution in [0.2, 0.25) is 0 Å². The minimum atomic E-state index is 0.632. The van der Waals surface area contributed by atoms with Crippen molar-refractivity contribution in [2.24, 2.45) is 0 Å². The largest absolute Gasteiger partial charge is 0.309 e. The highest BCUT2D eigenvalue weighted by atomic mass is 15.2. The third-order valence-corrected chi connectivity index (χ3v) is 13.2. The van der Waals surface area contributed by atoms with Crippen LogP contribution in [-0.4, -0.2) is 23.7 Å². The Bertz CT molecular complexity index is 4210. The van der Waals surface area contributed by atoms with E-state index in [1.165, 1.54) is 59.5 Å². The van der Waals surface area contributed by atoms with Gasteiger partial charge in [0.05, 0.1) is 44.3 Å². The molecule has 10 aromatic carbocycles. The van der Waals surface area contributed by atoms with Crippen LogP contribution in [0.15, 0.2) is 212 Å². The lowest BCUT2D eigenvalue weighted by Gasteiger charge is -2.14. The smallest absolute Gasteiger partial charge is 0.235 e. The zero-order valence-electron chi connectivity index (χ0n) is 33.9. The Balaban J connectivity index is 1.10. The highest BCUT2D eigenvalue weighted by molar-refractivity contribution is 6.23. The average Bonchev–Trinajstić information content (AvgIpc) is 4.00. The van der Waals surface area contributed by atoms with Gasteiger partial charge in [0.25, 0.3) is 0 Å². The summed E-state index contributed by atoms with van der Waals surface area (Å²) in [6.07, 6.45) is 0. The fourth-order valence-electron chi connectivity index (χ4n) is 10.6. The summed E-state index contributed by atoms with van der Waals surface area (Å²) in [4.78, 5) is 11.2. The molecule has 14 rings (SSSR count). The Hall–Kier alpha value is -8.54. The molecule has 0 aliphatic heterocycles. The van der Waals surface area contributed by atoms with Crippen LogP contribution in [0.25, 0.3) is 126 Å². The van der Waals surface area contributed by atoms with Crippen molar-refractivity contribution in [2.75, 3.05) is 0 Å². The van der Waals surface area contributed by atoms with E-state index in [0.717, 1.165) is 61.0 Å². The quantitative estimate of drug-likeness (QED) is 0.178. The van der Waals surface area contributed by atoms with E-state index in [0.29, 0.717) is 5.95 Å². The molecule has 0 spiro atoms. The molecule has 4 aromatic heterocycles. The lowest BCUT2D eigenvalue weighted by molar-refractivity contribution is 1.01. The van der Waals surface area contributed by atoms with Gasteiger partial charge in [0.1, 0.15) is 0 Å². The molecule has 0 atom stereocenters. The molecule has 292 valence electrons. The summed E-state index contributed by atoms with van der Waals surface area (Å²) in [6.45, 7) is 0. The van der Waals surface area contributed by atoms with Crippen molar-refractivity contribution >= 4 is 97.9 Å². The number of para-hydroxylation sites is 4. The van der Waals surface area contributed by atoms with E-state index >= 15 is 0 Å². The van der Waals surface area contributed by atoms with E-state index in [4.69, 9.17) is 9.97 Å². The number of hydrogen-bond acceptors (Lipinski definition) is 2. The summed E-state index contributed by atoms with van der Waals surface area (Å²) in [7, 11) is 0. The van der Waals surface area contributed by atoms with Crippen molar-refractivity contribution in [3.05, 3.63) is 212 Å². The lowest BCUT2D eigenvalue weighted by Crippen LogP contribution is -2.04. The number of nitrogens with zero attached hydrogens (tertiary/aromatic N) is 5. The second-order valence-electron chi connectivity index (χ2n) is 16.5. The molecule has 0 aliphatic carbocycles. The monoisotopic (exact) mass is 801 g/mol. The van der Waals surface area contributed by atoms with Crippen molar-refractivity contribution in [2.45, 2.75) is 0 Å². The van der Waals surface area contributed by atoms with Crippen LogP contribution in [0.1, 0.15) is 0 Å². The summed E-state index contributed by atoms with van der Waals surface area (Å²) in [5, 5.41) is 13.0. The van der Waals surface area contributed by atoms with Crippen LogP contribution >= 0.6 is 0 Å². The van der Waals surface area contributed by atoms with Crippen LogP contribution in [0, 0.1) is 0 Å². The maximum absolute atomic E-state index is 5.70. The van der Waals surface area contributed by atoms with Crippen LogP contribution < -0.4 is 0 Å². The van der Waals surface area contributed by atoms with Crippen LogP contribution in [0.5, 0.6) is 0 Å². The SMILES string of the molecule is c1ccc(-n2c3ccccc3c3c(-c4nc(-n5c6cc(-n7c8ccccc8c8ccc9ccccc9c87)ccc6c6c7ccccc7ccc65)nc5ccccc45)cccc32)cc1. The van der Waals surface area contributed by atoms with Crippen molar-refractivity contribution in [3.8, 4) is 28.6 Å². The second-order valence-corrected chi connectivity index (χ2v) is 16.5. The number of benzene rings is 10. The normalized spacial score (nSPS) is 12.1. The summed E-state index contributed by atoms with van der Waals surface area (Å²) in [5.41, 5.74) is 11.8. The zero-order valence-corrected chi connectivity index (χ0v) is 33.9. The molecule has 0 aliphatic rings. The Kier molecular flexibility index (Phi) is 7.05. The van der Waals surface area contributed by atoms with Crippen LogP contribution in [0.3, 0.4) is 0 Å². The van der Waals surface area contributed by atoms with E-state index in [-0.39, 0.29) is 0 Å². The predicted octanol–water partition coefficient (Wildman–Crippen LogP) is 14.9. The molecule has 4 heterocycles. The van der Waals surface area contributed by atoms with Crippen molar-refractivity contribution < 1.29 is 0 Å². The number of fused-ring (bicyclic) bond motifs is 14. The molecule has 5 heteroatoms. The van der Waals surface area contributed by atoms with Gasteiger partial charge in [0, 0.05) is 60.0 Å². The summed E-state index contributed by atoms with van der Waals surface area (Å²) in [5.74, 6) is 0.632. The molecule has 0 fully saturated rings. The number of rotatable bonds is 4. The van der Waals surface area contributed by atoms with Crippen molar-refractivity contribution in [3.63, 3.8) is 0 Å². The zero-order chi connectivity index (χ0) is 41.2. The highest BCUT2D eigenvalue weighted by Gasteiger charge is 2.23. The molecule has 14 aromatic rings. The second kappa shape index (κ2) is 13.0. The molecule has 5 nitrogen and oxygen atoms in total. The molecule has 0 saturated heterocycles. The predicted molar refractivity (Wildman–Crippen MR) is 263 cm³/mol. The number of hydrogen-bond donors (Lipinski definition) is 0. The van der Waals surface area contributed by atoms with Gasteiger partial charge in [-0.3, -0.25) is 4.57 Å². The third-order valence-electron chi connectivity index (χ3n) is 13.2. The Morgan fingerprint density at radius 2 is 0.905 bits per heavy atom. The Labute approximate surface area is 360 Å². The van der Waals surface area contributed by atoms with E-state index < -0.39 is 0 Å². The first-order chi connectivity index (χ1) is 31.3. The molecule has 0 radical (unpaired) electrons. The first kappa shape index (κ1) is 34.2. The van der Waals surface area contributed by atoms with Gasteiger partial charge >= 0.3 is 0 Å². The minimum absolute atomic E-state index is 0.632. The fraction of sp³-hybridized carbons (Fsp3) is 0. The summed E-state index contributed by atoms with van der Waals surface area (Å²) >= 11 is 0. The number of aromatic nitrogens is 5. The third kappa shape index (κ3) is 4.82. The van der Waals surface area contributed by atoms with Gasteiger partial charge in [-0.05, 0) is 70.8 Å². The maximum atomic E-state index is 5.70. The topological polar surface area (TPSA) is 40.6 Å². The van der Waals surface area contributed by atoms with Crippen molar-refractivity contribution in [1.82, 2.24) is 23.7 Å². The first-order valence-electron chi connectivity index (χ1n) is 21.5. The average molecular weight is 802 g/mol. The molecule has 0 bridgehead atoms. The van der Waals surface area contributed by atoms with Gasteiger partial charge in [0.2, 0.25) is 5.95 Å². The Morgan fingerprint density at radius 1 is 0.302 bits per heavy atom. The molecule has 0 saturated carbocycles. The lowest BCUT2D eigenvalue weighted by atomic mass is 10.0. The molecule has 0 amide bonds. The molecular weight excluding hydrogens is 767 g/mol. The van der Waals surface area contributed by atoms with Gasteiger partial charge in [-0.1, -0.05) is 158 Å². The molecule has 0 unspecified atom stereocenters. The highest BCUT2D eigenvalue weighted by Crippen LogP contribution is 2.43. The van der Waals surface area contributed by atoms with Crippen LogP contribution in [-0.2, 0) is 0 Å². The van der Waals surface area contributed by atoms with Gasteiger partial charge in [0.15, 0.2) is 0 Å². The van der Waals surface area contributed by atoms with E-state index in [2.05, 4.69) is 226 Å². The van der Waals surface area contributed by atoms with Crippen molar-refractivity contribution in [1.29, 1.82) is 0 Å². The van der Waals surface area contributed by atoms with Gasteiger partial charge in [-0.2, -0.15) is 0 Å². The molecule has 0 N–H and O–H groups in total. The standard InChI is InChI=1S/C58H35N5/c1-2-17-38(18-3-1)61-50-27-13-10-23-45(50)55-47(24-14-28-51(55)61)56-44-22-8-11-25-48(44)59-58(60-56)63-52-34-30-36-15-4-6-19-40(36)54(52)46-33-31-39(35-53(46)63)62-49-26-12-9-21-42(49)43-32-29-37-16-5-7-20-41(37)57(43)62/h1-35H. The van der Waals surface area contributed by atoms with Gasteiger partial charge in [-0.15, -0.1) is 0 Å². The molecular formula is C58H35N5.